The van der Waals surface area contributed by atoms with Gasteiger partial charge in [0, 0.05) is 0 Å². The smallest absolute Gasteiger partial charge is 0.0103 e. The topological polar surface area (TPSA) is 0 Å². The third-order valence-electron chi connectivity index (χ3n) is 2.97. The Morgan fingerprint density at radius 1 is 0.667 bits per heavy atom. The van der Waals surface area contributed by atoms with Gasteiger partial charge in [-0.3, -0.25) is 0 Å². The van der Waals surface area contributed by atoms with Gasteiger partial charge in [0.1, 0.15) is 0 Å². The molecule has 0 atom stereocenters. The number of hydrogen-bond acceptors (Lipinski definition) is 0. The molecule has 3 rings (SSSR count). The van der Waals surface area contributed by atoms with Crippen molar-refractivity contribution in [1.29, 1.82) is 0 Å². The number of fused-ring (bicyclic) bond motifs is 3. The van der Waals surface area contributed by atoms with Crippen molar-refractivity contribution in [2.45, 2.75) is 6.92 Å². The molecular formula is C15H12. The first-order valence-corrected chi connectivity index (χ1v) is 5.23. The molecule has 0 aromatic heterocycles. The zero-order valence-corrected chi connectivity index (χ0v) is 8.70. The maximum Gasteiger partial charge on any atom is -0.0103 e. The molecule has 0 nitrogen and oxygen atoms in total. The van der Waals surface area contributed by atoms with E-state index in [9.17, 15) is 0 Å². The third kappa shape index (κ3) is 1.22. The van der Waals surface area contributed by atoms with E-state index in [0.717, 1.165) is 0 Å². The van der Waals surface area contributed by atoms with Crippen LogP contribution in [0.25, 0.3) is 21.5 Å². The Labute approximate surface area is 89.2 Å². The molecule has 0 radical (unpaired) electrons. The van der Waals surface area contributed by atoms with Crippen LogP contribution in [0.2, 0.25) is 0 Å². The molecular weight excluding hydrogens is 180 g/mol. The Hall–Kier alpha value is -1.82. The summed E-state index contributed by atoms with van der Waals surface area (Å²) in [5.74, 6) is 0. The van der Waals surface area contributed by atoms with E-state index in [0.29, 0.717) is 0 Å². The number of benzene rings is 3. The molecule has 0 aliphatic carbocycles. The highest BCUT2D eigenvalue weighted by atomic mass is 14.1. The first-order chi connectivity index (χ1) is 7.36. The summed E-state index contributed by atoms with van der Waals surface area (Å²) in [6, 6.07) is 19.4. The van der Waals surface area contributed by atoms with Crippen molar-refractivity contribution < 1.29 is 0 Å². The minimum atomic E-state index is 1.33. The average Bonchev–Trinajstić information content (AvgIpc) is 2.30. The predicted octanol–water partition coefficient (Wildman–Crippen LogP) is 4.30. The molecule has 0 bridgehead atoms. The average molecular weight is 192 g/mol. The Morgan fingerprint density at radius 3 is 2.07 bits per heavy atom. The van der Waals surface area contributed by atoms with Gasteiger partial charge in [0.2, 0.25) is 0 Å². The van der Waals surface area contributed by atoms with Crippen LogP contribution >= 0.6 is 0 Å². The van der Waals surface area contributed by atoms with Gasteiger partial charge in [0.25, 0.3) is 0 Å². The van der Waals surface area contributed by atoms with E-state index >= 15 is 0 Å². The highest BCUT2D eigenvalue weighted by Gasteiger charge is 2.01. The lowest BCUT2D eigenvalue weighted by atomic mass is 9.98. The van der Waals surface area contributed by atoms with Crippen LogP contribution in [0.1, 0.15) is 5.56 Å². The summed E-state index contributed by atoms with van der Waals surface area (Å²) in [6.45, 7) is 2.18. The molecule has 0 spiro atoms. The van der Waals surface area contributed by atoms with Gasteiger partial charge in [-0.2, -0.15) is 0 Å². The van der Waals surface area contributed by atoms with Gasteiger partial charge in [-0.05, 0) is 34.0 Å². The quantitative estimate of drug-likeness (QED) is 0.466. The summed E-state index contributed by atoms with van der Waals surface area (Å²) in [6.07, 6.45) is 0. The second kappa shape index (κ2) is 3.09. The van der Waals surface area contributed by atoms with Crippen LogP contribution < -0.4 is 0 Å². The number of aryl methyl sites for hydroxylation is 1. The first kappa shape index (κ1) is 8.49. The molecule has 0 saturated carbocycles. The fourth-order valence-corrected chi connectivity index (χ4v) is 2.24. The minimum absolute atomic E-state index is 1.33. The maximum atomic E-state index is 2.26. The number of hydrogen-bond donors (Lipinski definition) is 0. The van der Waals surface area contributed by atoms with Gasteiger partial charge in [-0.25, -0.2) is 0 Å². The van der Waals surface area contributed by atoms with Crippen LogP contribution in [-0.4, -0.2) is 0 Å². The van der Waals surface area contributed by atoms with Gasteiger partial charge in [0.15, 0.2) is 0 Å². The molecule has 3 aromatic rings. The van der Waals surface area contributed by atoms with Crippen molar-refractivity contribution >= 4 is 21.5 Å². The third-order valence-corrected chi connectivity index (χ3v) is 2.97. The predicted molar refractivity (Wildman–Crippen MR) is 66.2 cm³/mol. The Balaban J connectivity index is 2.64. The lowest BCUT2D eigenvalue weighted by molar-refractivity contribution is 1.56. The van der Waals surface area contributed by atoms with E-state index in [1.54, 1.807) is 0 Å². The molecule has 0 heterocycles. The van der Waals surface area contributed by atoms with Crippen LogP contribution in [0.4, 0.5) is 0 Å². The summed E-state index contributed by atoms with van der Waals surface area (Å²) < 4.78 is 0. The summed E-state index contributed by atoms with van der Waals surface area (Å²) in [5, 5.41) is 5.39. The van der Waals surface area contributed by atoms with E-state index < -0.39 is 0 Å². The van der Waals surface area contributed by atoms with E-state index in [-0.39, 0.29) is 0 Å². The summed E-state index contributed by atoms with van der Waals surface area (Å²) >= 11 is 0. The molecule has 72 valence electrons. The fraction of sp³-hybridized carbons (Fsp3) is 0.0667. The van der Waals surface area contributed by atoms with Crippen molar-refractivity contribution in [3.63, 3.8) is 0 Å². The van der Waals surface area contributed by atoms with Gasteiger partial charge in [-0.1, -0.05) is 54.6 Å². The molecule has 0 N–H and O–H groups in total. The molecule has 0 amide bonds. The van der Waals surface area contributed by atoms with Crippen LogP contribution in [0.5, 0.6) is 0 Å². The summed E-state index contributed by atoms with van der Waals surface area (Å²) in [5.41, 5.74) is 1.35. The normalized spacial score (nSPS) is 11.0. The zero-order valence-electron chi connectivity index (χ0n) is 8.70. The van der Waals surface area contributed by atoms with Crippen molar-refractivity contribution in [3.05, 3.63) is 60.2 Å². The molecule has 0 unspecified atom stereocenters. The van der Waals surface area contributed by atoms with E-state index in [4.69, 9.17) is 0 Å². The van der Waals surface area contributed by atoms with Crippen molar-refractivity contribution in [3.8, 4) is 0 Å². The zero-order chi connectivity index (χ0) is 10.3. The van der Waals surface area contributed by atoms with E-state index in [2.05, 4.69) is 61.5 Å². The van der Waals surface area contributed by atoms with Gasteiger partial charge in [0.05, 0.1) is 0 Å². The van der Waals surface area contributed by atoms with Gasteiger partial charge >= 0.3 is 0 Å². The Kier molecular flexibility index (Phi) is 1.75. The minimum Gasteiger partial charge on any atom is -0.0616 e. The second-order valence-electron chi connectivity index (χ2n) is 3.96. The first-order valence-electron chi connectivity index (χ1n) is 5.23. The van der Waals surface area contributed by atoms with Crippen LogP contribution in [-0.2, 0) is 0 Å². The monoisotopic (exact) mass is 192 g/mol. The van der Waals surface area contributed by atoms with E-state index in [1.165, 1.54) is 27.1 Å². The molecule has 15 heavy (non-hydrogen) atoms. The van der Waals surface area contributed by atoms with Gasteiger partial charge in [-0.15, -0.1) is 0 Å². The maximum absolute atomic E-state index is 2.26. The largest absolute Gasteiger partial charge is 0.0616 e. The van der Waals surface area contributed by atoms with Crippen LogP contribution in [0, 0.1) is 6.92 Å². The SMILES string of the molecule is Cc1cc2ccccc2c2ccccc12. The molecule has 0 heteroatoms. The second-order valence-corrected chi connectivity index (χ2v) is 3.96. The molecule has 0 fully saturated rings. The van der Waals surface area contributed by atoms with Gasteiger partial charge < -0.3 is 0 Å². The standard InChI is InChI=1S/C15H12/c1-11-10-12-6-2-3-8-14(12)15-9-5-4-7-13(11)15/h2-10H,1H3. The van der Waals surface area contributed by atoms with E-state index in [1.807, 2.05) is 0 Å². The fourth-order valence-electron chi connectivity index (χ4n) is 2.24. The number of rotatable bonds is 0. The van der Waals surface area contributed by atoms with Crippen molar-refractivity contribution in [2.75, 3.05) is 0 Å². The van der Waals surface area contributed by atoms with Crippen LogP contribution in [0.15, 0.2) is 54.6 Å². The summed E-state index contributed by atoms with van der Waals surface area (Å²) in [7, 11) is 0. The highest BCUT2D eigenvalue weighted by Crippen LogP contribution is 2.27. The highest BCUT2D eigenvalue weighted by molar-refractivity contribution is 6.08. The lowest BCUT2D eigenvalue weighted by Gasteiger charge is -2.06. The molecule has 0 aliphatic heterocycles. The van der Waals surface area contributed by atoms with Crippen molar-refractivity contribution in [2.24, 2.45) is 0 Å². The molecule has 0 aliphatic rings. The Bertz CT molecular complexity index is 636. The molecule has 3 aromatic carbocycles. The van der Waals surface area contributed by atoms with Crippen LogP contribution in [0.3, 0.4) is 0 Å². The summed E-state index contributed by atoms with van der Waals surface area (Å²) in [4.78, 5) is 0. The van der Waals surface area contributed by atoms with Crippen molar-refractivity contribution in [1.82, 2.24) is 0 Å². The Morgan fingerprint density at radius 2 is 1.27 bits per heavy atom. The molecule has 0 saturated heterocycles. The lowest BCUT2D eigenvalue weighted by Crippen LogP contribution is -1.81.